The van der Waals surface area contributed by atoms with Gasteiger partial charge in [-0.25, -0.2) is 0 Å². The molecule has 0 aliphatic rings. The first-order valence-electron chi connectivity index (χ1n) is 8.13. The number of hydrogen-bond donors (Lipinski definition) is 1. The van der Waals surface area contributed by atoms with Crippen LogP contribution in [0.5, 0.6) is 0 Å². The van der Waals surface area contributed by atoms with Gasteiger partial charge in [-0.2, -0.15) is 0 Å². The Bertz CT molecular complexity index is 597. The molecule has 0 atom stereocenters. The van der Waals surface area contributed by atoms with Crippen molar-refractivity contribution in [2.24, 2.45) is 0 Å². The second-order valence-electron chi connectivity index (χ2n) is 7.02. The molecular formula is C20H27ClN2. The molecule has 0 saturated carbocycles. The fourth-order valence-electron chi connectivity index (χ4n) is 2.43. The van der Waals surface area contributed by atoms with Crippen molar-refractivity contribution in [1.82, 2.24) is 5.32 Å². The quantitative estimate of drug-likeness (QED) is 0.761. The Labute approximate surface area is 145 Å². The predicted molar refractivity (Wildman–Crippen MR) is 102 cm³/mol. The summed E-state index contributed by atoms with van der Waals surface area (Å²) in [5.41, 5.74) is 4.11. The van der Waals surface area contributed by atoms with E-state index in [1.54, 1.807) is 0 Å². The lowest BCUT2D eigenvalue weighted by Crippen LogP contribution is -2.28. The van der Waals surface area contributed by atoms with E-state index in [0.29, 0.717) is 0 Å². The smallest absolute Gasteiger partial charge is 0.0407 e. The van der Waals surface area contributed by atoms with E-state index in [1.165, 1.54) is 16.8 Å². The summed E-state index contributed by atoms with van der Waals surface area (Å²) in [6, 6.07) is 16.9. The third kappa shape index (κ3) is 5.56. The summed E-state index contributed by atoms with van der Waals surface area (Å²) in [6.45, 7) is 9.54. The number of benzene rings is 2. The molecule has 0 aromatic heterocycles. The number of nitrogens with zero attached hydrogens (tertiary/aromatic N) is 1. The van der Waals surface area contributed by atoms with E-state index in [2.05, 4.69) is 62.3 Å². The number of nitrogens with one attached hydrogen (secondary N) is 1. The summed E-state index contributed by atoms with van der Waals surface area (Å²) in [5.74, 6) is 0. The first-order valence-corrected chi connectivity index (χ1v) is 8.51. The Morgan fingerprint density at radius 1 is 0.957 bits per heavy atom. The maximum atomic E-state index is 5.92. The molecule has 0 bridgehead atoms. The predicted octanol–water partition coefficient (Wildman–Crippen LogP) is 4.86. The van der Waals surface area contributed by atoms with Gasteiger partial charge in [0.2, 0.25) is 0 Å². The highest BCUT2D eigenvalue weighted by molar-refractivity contribution is 6.30. The normalized spacial score (nSPS) is 11.5. The maximum Gasteiger partial charge on any atom is 0.0407 e. The molecule has 0 aliphatic heterocycles. The highest BCUT2D eigenvalue weighted by atomic mass is 35.5. The standard InChI is InChI=1S/C20H27ClN2/c1-20(2,3)17-7-5-16(6-8-17)15-22-13-14-23(4)19-11-9-18(21)10-12-19/h5-12,22H,13-15H2,1-4H3. The van der Waals surface area contributed by atoms with Gasteiger partial charge in [0, 0.05) is 37.4 Å². The van der Waals surface area contributed by atoms with Gasteiger partial charge in [0.25, 0.3) is 0 Å². The van der Waals surface area contributed by atoms with Crippen molar-refractivity contribution in [2.45, 2.75) is 32.7 Å². The second kappa shape index (κ2) is 7.85. The summed E-state index contributed by atoms with van der Waals surface area (Å²) >= 11 is 5.92. The first kappa shape index (κ1) is 17.8. The highest BCUT2D eigenvalue weighted by Crippen LogP contribution is 2.22. The molecule has 3 heteroatoms. The average molecular weight is 331 g/mol. The van der Waals surface area contributed by atoms with Crippen molar-refractivity contribution in [3.05, 3.63) is 64.7 Å². The van der Waals surface area contributed by atoms with Crippen LogP contribution in [0.2, 0.25) is 5.02 Å². The number of halogens is 1. The summed E-state index contributed by atoms with van der Waals surface area (Å²) in [5, 5.41) is 4.28. The zero-order chi connectivity index (χ0) is 16.9. The number of rotatable bonds is 6. The van der Waals surface area contributed by atoms with Gasteiger partial charge < -0.3 is 10.2 Å². The lowest BCUT2D eigenvalue weighted by molar-refractivity contribution is 0.589. The van der Waals surface area contributed by atoms with Crippen LogP contribution in [-0.4, -0.2) is 20.1 Å². The van der Waals surface area contributed by atoms with Gasteiger partial charge in [-0.3, -0.25) is 0 Å². The molecule has 0 saturated heterocycles. The van der Waals surface area contributed by atoms with E-state index < -0.39 is 0 Å². The van der Waals surface area contributed by atoms with Gasteiger partial charge in [0.05, 0.1) is 0 Å². The maximum absolute atomic E-state index is 5.92. The molecule has 124 valence electrons. The van der Waals surface area contributed by atoms with Crippen molar-refractivity contribution < 1.29 is 0 Å². The molecule has 23 heavy (non-hydrogen) atoms. The summed E-state index contributed by atoms with van der Waals surface area (Å²) < 4.78 is 0. The van der Waals surface area contributed by atoms with Crippen molar-refractivity contribution in [3.63, 3.8) is 0 Å². The largest absolute Gasteiger partial charge is 0.373 e. The SMILES string of the molecule is CN(CCNCc1ccc(C(C)(C)C)cc1)c1ccc(Cl)cc1. The van der Waals surface area contributed by atoms with Crippen LogP contribution >= 0.6 is 11.6 Å². The van der Waals surface area contributed by atoms with Gasteiger partial charge in [0.15, 0.2) is 0 Å². The van der Waals surface area contributed by atoms with Crippen LogP contribution in [0.15, 0.2) is 48.5 Å². The molecule has 0 unspecified atom stereocenters. The topological polar surface area (TPSA) is 15.3 Å². The van der Waals surface area contributed by atoms with E-state index in [9.17, 15) is 0 Å². The minimum atomic E-state index is 0.216. The van der Waals surface area contributed by atoms with Crippen LogP contribution in [0.4, 0.5) is 5.69 Å². The molecule has 2 rings (SSSR count). The molecule has 0 aliphatic carbocycles. The molecule has 1 N–H and O–H groups in total. The van der Waals surface area contributed by atoms with Gasteiger partial charge in [-0.15, -0.1) is 0 Å². The van der Waals surface area contributed by atoms with Gasteiger partial charge in [-0.05, 0) is 40.8 Å². The highest BCUT2D eigenvalue weighted by Gasteiger charge is 2.12. The molecule has 0 spiro atoms. The van der Waals surface area contributed by atoms with Crippen LogP contribution in [0.25, 0.3) is 0 Å². The van der Waals surface area contributed by atoms with E-state index in [0.717, 1.165) is 24.7 Å². The number of anilines is 1. The Hall–Kier alpha value is -1.51. The zero-order valence-electron chi connectivity index (χ0n) is 14.6. The minimum Gasteiger partial charge on any atom is -0.373 e. The van der Waals surface area contributed by atoms with E-state index in [-0.39, 0.29) is 5.41 Å². The molecule has 2 aromatic rings. The Kier molecular flexibility index (Phi) is 6.09. The average Bonchev–Trinajstić information content (AvgIpc) is 2.51. The zero-order valence-corrected chi connectivity index (χ0v) is 15.3. The number of likely N-dealkylation sites (N-methyl/N-ethyl adjacent to an activating group) is 1. The lowest BCUT2D eigenvalue weighted by atomic mass is 9.87. The molecule has 2 aromatic carbocycles. The number of hydrogen-bond acceptors (Lipinski definition) is 2. The molecular weight excluding hydrogens is 304 g/mol. The summed E-state index contributed by atoms with van der Waals surface area (Å²) in [7, 11) is 2.10. The van der Waals surface area contributed by atoms with Crippen LogP contribution < -0.4 is 10.2 Å². The molecule has 0 heterocycles. The molecule has 2 nitrogen and oxygen atoms in total. The van der Waals surface area contributed by atoms with E-state index >= 15 is 0 Å². The fourth-order valence-corrected chi connectivity index (χ4v) is 2.55. The van der Waals surface area contributed by atoms with Crippen molar-refractivity contribution in [2.75, 3.05) is 25.0 Å². The summed E-state index contributed by atoms with van der Waals surface area (Å²) in [6.07, 6.45) is 0. The van der Waals surface area contributed by atoms with Crippen LogP contribution in [0, 0.1) is 0 Å². The van der Waals surface area contributed by atoms with E-state index in [4.69, 9.17) is 11.6 Å². The monoisotopic (exact) mass is 330 g/mol. The Balaban J connectivity index is 1.76. The van der Waals surface area contributed by atoms with Crippen molar-refractivity contribution >= 4 is 17.3 Å². The minimum absolute atomic E-state index is 0.216. The summed E-state index contributed by atoms with van der Waals surface area (Å²) in [4.78, 5) is 2.23. The third-order valence-electron chi connectivity index (χ3n) is 4.04. The second-order valence-corrected chi connectivity index (χ2v) is 7.46. The molecule has 0 radical (unpaired) electrons. The van der Waals surface area contributed by atoms with Crippen LogP contribution in [-0.2, 0) is 12.0 Å². The van der Waals surface area contributed by atoms with E-state index in [1.807, 2.05) is 24.3 Å². The Morgan fingerprint density at radius 2 is 1.57 bits per heavy atom. The fraction of sp³-hybridized carbons (Fsp3) is 0.400. The van der Waals surface area contributed by atoms with Crippen molar-refractivity contribution in [3.8, 4) is 0 Å². The van der Waals surface area contributed by atoms with Gasteiger partial charge in [-0.1, -0.05) is 56.6 Å². The third-order valence-corrected chi connectivity index (χ3v) is 4.29. The molecule has 0 amide bonds. The first-order chi connectivity index (χ1) is 10.9. The van der Waals surface area contributed by atoms with Gasteiger partial charge >= 0.3 is 0 Å². The van der Waals surface area contributed by atoms with Crippen LogP contribution in [0.3, 0.4) is 0 Å². The Morgan fingerprint density at radius 3 is 2.13 bits per heavy atom. The lowest BCUT2D eigenvalue weighted by Gasteiger charge is -2.20. The van der Waals surface area contributed by atoms with Gasteiger partial charge in [0.1, 0.15) is 0 Å². The van der Waals surface area contributed by atoms with Crippen molar-refractivity contribution in [1.29, 1.82) is 0 Å². The molecule has 0 fully saturated rings. The van der Waals surface area contributed by atoms with Crippen LogP contribution in [0.1, 0.15) is 31.9 Å².